The van der Waals surface area contributed by atoms with E-state index in [1.54, 1.807) is 0 Å². The number of rotatable bonds is 3. The van der Waals surface area contributed by atoms with E-state index in [0.717, 1.165) is 0 Å². The Kier molecular flexibility index (Phi) is 4.42. The average Bonchev–Trinajstić information content (AvgIpc) is 2.31. The van der Waals surface area contributed by atoms with Crippen LogP contribution in [-0.2, 0) is 4.74 Å². The lowest BCUT2D eigenvalue weighted by molar-refractivity contribution is -0.138. The minimum atomic E-state index is -0.544. The third-order valence-electron chi connectivity index (χ3n) is 3.59. The molecule has 0 aliphatic carbocycles. The second kappa shape index (κ2) is 5.76. The number of hydrogen-bond donors (Lipinski definition) is 1. The number of nitrogens with two attached hydrogens (primary N) is 1. The molecule has 1 heterocycles. The SMILES string of the molecule is CC1CN(C(CN)c2c(F)cccc2F)CC(C)(C)O1. The van der Waals surface area contributed by atoms with Gasteiger partial charge in [-0.15, -0.1) is 0 Å². The Morgan fingerprint density at radius 2 is 2.00 bits per heavy atom. The fourth-order valence-electron chi connectivity index (χ4n) is 3.02. The van der Waals surface area contributed by atoms with Gasteiger partial charge in [-0.25, -0.2) is 8.78 Å². The molecule has 2 rings (SSSR count). The van der Waals surface area contributed by atoms with Crippen molar-refractivity contribution in [3.05, 3.63) is 35.4 Å². The van der Waals surface area contributed by atoms with E-state index >= 15 is 0 Å². The number of hydrogen-bond acceptors (Lipinski definition) is 3. The van der Waals surface area contributed by atoms with Crippen molar-refractivity contribution in [1.29, 1.82) is 0 Å². The van der Waals surface area contributed by atoms with Gasteiger partial charge in [0.1, 0.15) is 11.6 Å². The maximum atomic E-state index is 14.0. The maximum Gasteiger partial charge on any atom is 0.130 e. The van der Waals surface area contributed by atoms with Crippen molar-refractivity contribution in [2.45, 2.75) is 38.5 Å². The highest BCUT2D eigenvalue weighted by molar-refractivity contribution is 5.24. The Morgan fingerprint density at radius 1 is 1.40 bits per heavy atom. The second-order valence-corrected chi connectivity index (χ2v) is 6.00. The van der Waals surface area contributed by atoms with E-state index in [4.69, 9.17) is 10.5 Å². The topological polar surface area (TPSA) is 38.5 Å². The Bertz CT molecular complexity index is 459. The van der Waals surface area contributed by atoms with E-state index in [-0.39, 0.29) is 23.8 Å². The molecule has 1 fully saturated rings. The van der Waals surface area contributed by atoms with E-state index in [2.05, 4.69) is 0 Å². The van der Waals surface area contributed by atoms with Crippen molar-refractivity contribution in [3.63, 3.8) is 0 Å². The first-order chi connectivity index (χ1) is 9.34. The fraction of sp³-hybridized carbons (Fsp3) is 0.600. The molecule has 1 saturated heterocycles. The Labute approximate surface area is 118 Å². The van der Waals surface area contributed by atoms with Crippen LogP contribution in [0.25, 0.3) is 0 Å². The molecule has 5 heteroatoms. The quantitative estimate of drug-likeness (QED) is 0.926. The van der Waals surface area contributed by atoms with Gasteiger partial charge in [0.25, 0.3) is 0 Å². The van der Waals surface area contributed by atoms with Crippen LogP contribution >= 0.6 is 0 Å². The van der Waals surface area contributed by atoms with Crippen molar-refractivity contribution in [3.8, 4) is 0 Å². The molecular formula is C15H22F2N2O. The standard InChI is InChI=1S/C15H22F2N2O/c1-10-8-19(9-15(2,3)20-10)13(7-18)14-11(16)5-4-6-12(14)17/h4-6,10,13H,7-9,18H2,1-3H3. The molecule has 0 spiro atoms. The lowest BCUT2D eigenvalue weighted by Gasteiger charge is -2.45. The molecule has 1 aromatic carbocycles. The summed E-state index contributed by atoms with van der Waals surface area (Å²) >= 11 is 0. The van der Waals surface area contributed by atoms with E-state index in [9.17, 15) is 8.78 Å². The minimum absolute atomic E-state index is 0.00244. The molecule has 20 heavy (non-hydrogen) atoms. The van der Waals surface area contributed by atoms with Gasteiger partial charge in [-0.3, -0.25) is 4.90 Å². The van der Waals surface area contributed by atoms with Gasteiger partial charge in [0.15, 0.2) is 0 Å². The molecule has 2 unspecified atom stereocenters. The zero-order chi connectivity index (χ0) is 14.9. The summed E-state index contributed by atoms with van der Waals surface area (Å²) in [7, 11) is 0. The molecule has 112 valence electrons. The number of ether oxygens (including phenoxy) is 1. The van der Waals surface area contributed by atoms with Crippen molar-refractivity contribution in [2.75, 3.05) is 19.6 Å². The van der Waals surface area contributed by atoms with E-state index in [1.165, 1.54) is 18.2 Å². The van der Waals surface area contributed by atoms with Crippen LogP contribution in [0.1, 0.15) is 32.4 Å². The van der Waals surface area contributed by atoms with Gasteiger partial charge in [0.05, 0.1) is 17.7 Å². The number of nitrogens with zero attached hydrogens (tertiary/aromatic N) is 1. The first-order valence-corrected chi connectivity index (χ1v) is 6.90. The summed E-state index contributed by atoms with van der Waals surface area (Å²) < 4.78 is 33.8. The third-order valence-corrected chi connectivity index (χ3v) is 3.59. The van der Waals surface area contributed by atoms with Crippen LogP contribution in [0.15, 0.2) is 18.2 Å². The van der Waals surface area contributed by atoms with Crippen LogP contribution < -0.4 is 5.73 Å². The molecule has 3 nitrogen and oxygen atoms in total. The summed E-state index contributed by atoms with van der Waals surface area (Å²) in [6.07, 6.45) is 0.00244. The van der Waals surface area contributed by atoms with Crippen LogP contribution in [0.5, 0.6) is 0 Å². The molecule has 1 aliphatic rings. The van der Waals surface area contributed by atoms with Gasteiger partial charge in [0, 0.05) is 25.2 Å². The molecule has 2 N–H and O–H groups in total. The van der Waals surface area contributed by atoms with Crippen LogP contribution in [0.2, 0.25) is 0 Å². The zero-order valence-electron chi connectivity index (χ0n) is 12.2. The van der Waals surface area contributed by atoms with Crippen molar-refractivity contribution < 1.29 is 13.5 Å². The summed E-state index contributed by atoms with van der Waals surface area (Å²) in [5, 5.41) is 0. The van der Waals surface area contributed by atoms with Gasteiger partial charge >= 0.3 is 0 Å². The van der Waals surface area contributed by atoms with Gasteiger partial charge in [-0.05, 0) is 32.9 Å². The largest absolute Gasteiger partial charge is 0.370 e. The van der Waals surface area contributed by atoms with Crippen molar-refractivity contribution >= 4 is 0 Å². The Morgan fingerprint density at radius 3 is 2.50 bits per heavy atom. The summed E-state index contributed by atoms with van der Waals surface area (Å²) in [5.41, 5.74) is 5.49. The van der Waals surface area contributed by atoms with Gasteiger partial charge in [-0.1, -0.05) is 6.07 Å². The summed E-state index contributed by atoms with van der Waals surface area (Å²) in [4.78, 5) is 2.01. The molecule has 1 aliphatic heterocycles. The monoisotopic (exact) mass is 284 g/mol. The third kappa shape index (κ3) is 3.16. The molecule has 0 radical (unpaired) electrons. The van der Waals surface area contributed by atoms with E-state index < -0.39 is 17.7 Å². The predicted molar refractivity (Wildman–Crippen MR) is 74.4 cm³/mol. The molecule has 0 amide bonds. The molecular weight excluding hydrogens is 262 g/mol. The molecule has 1 aromatic rings. The molecule has 0 bridgehead atoms. The molecule has 0 aromatic heterocycles. The van der Waals surface area contributed by atoms with Gasteiger partial charge in [-0.2, -0.15) is 0 Å². The van der Waals surface area contributed by atoms with Gasteiger partial charge in [0.2, 0.25) is 0 Å². The Balaban J connectivity index is 2.32. The normalized spacial score (nSPS) is 24.6. The summed E-state index contributed by atoms with van der Waals surface area (Å²) in [6, 6.07) is 3.45. The van der Waals surface area contributed by atoms with Crippen LogP contribution in [0.4, 0.5) is 8.78 Å². The Hall–Kier alpha value is -1.04. The predicted octanol–water partition coefficient (Wildman–Crippen LogP) is 2.46. The number of benzene rings is 1. The van der Waals surface area contributed by atoms with Gasteiger partial charge < -0.3 is 10.5 Å². The van der Waals surface area contributed by atoms with Crippen LogP contribution in [0.3, 0.4) is 0 Å². The summed E-state index contributed by atoms with van der Waals surface area (Å²) in [5.74, 6) is -1.09. The lowest BCUT2D eigenvalue weighted by atomic mass is 9.98. The highest BCUT2D eigenvalue weighted by Gasteiger charge is 2.36. The first-order valence-electron chi connectivity index (χ1n) is 6.90. The fourth-order valence-corrected chi connectivity index (χ4v) is 3.02. The van der Waals surface area contributed by atoms with Crippen molar-refractivity contribution in [1.82, 2.24) is 4.90 Å². The minimum Gasteiger partial charge on any atom is -0.370 e. The van der Waals surface area contributed by atoms with E-state index in [1.807, 2.05) is 25.7 Å². The molecule has 2 atom stereocenters. The van der Waals surface area contributed by atoms with Crippen LogP contribution in [0, 0.1) is 11.6 Å². The summed E-state index contributed by atoms with van der Waals surface area (Å²) in [6.45, 7) is 7.27. The zero-order valence-corrected chi connectivity index (χ0v) is 12.2. The smallest absolute Gasteiger partial charge is 0.130 e. The van der Waals surface area contributed by atoms with Crippen molar-refractivity contribution in [2.24, 2.45) is 5.73 Å². The lowest BCUT2D eigenvalue weighted by Crippen LogP contribution is -2.54. The molecule has 0 saturated carbocycles. The van der Waals surface area contributed by atoms with E-state index in [0.29, 0.717) is 13.1 Å². The number of halogens is 2. The number of morpholine rings is 1. The second-order valence-electron chi connectivity index (χ2n) is 6.00. The average molecular weight is 284 g/mol. The maximum absolute atomic E-state index is 14.0. The van der Waals surface area contributed by atoms with Crippen LogP contribution in [-0.4, -0.2) is 36.2 Å². The highest BCUT2D eigenvalue weighted by Crippen LogP contribution is 2.31. The first kappa shape index (κ1) is 15.4. The highest BCUT2D eigenvalue weighted by atomic mass is 19.1.